The summed E-state index contributed by atoms with van der Waals surface area (Å²) < 4.78 is 11.2. The number of fused-ring (bicyclic) bond motifs is 1. The van der Waals surface area contributed by atoms with Gasteiger partial charge in [0.2, 0.25) is 11.8 Å². The molecule has 3 heterocycles. The van der Waals surface area contributed by atoms with Crippen molar-refractivity contribution in [2.24, 2.45) is 5.92 Å². The normalized spacial score (nSPS) is 16.9. The minimum Gasteiger partial charge on any atom is -0.494 e. The van der Waals surface area contributed by atoms with Gasteiger partial charge in [-0.2, -0.15) is 0 Å². The first-order chi connectivity index (χ1) is 13.1. The van der Waals surface area contributed by atoms with E-state index >= 15 is 0 Å². The van der Waals surface area contributed by atoms with E-state index in [-0.39, 0.29) is 24.8 Å². The molecule has 27 heavy (non-hydrogen) atoms. The second kappa shape index (κ2) is 7.36. The van der Waals surface area contributed by atoms with Gasteiger partial charge in [-0.05, 0) is 25.1 Å². The largest absolute Gasteiger partial charge is 0.494 e. The number of benzene rings is 1. The molecule has 4 rings (SSSR count). The van der Waals surface area contributed by atoms with E-state index in [9.17, 15) is 9.59 Å². The van der Waals surface area contributed by atoms with Crippen molar-refractivity contribution in [3.05, 3.63) is 36.2 Å². The summed E-state index contributed by atoms with van der Waals surface area (Å²) in [5.41, 5.74) is 1.45. The maximum Gasteiger partial charge on any atom is 0.229 e. The van der Waals surface area contributed by atoms with Crippen LogP contribution in [0.1, 0.15) is 19.0 Å². The SMILES string of the molecule is CCOc1ccc2nc(N3CC(C(=O)NCc4ccon4)CC3=O)sc2c1. The van der Waals surface area contributed by atoms with Crippen molar-refractivity contribution in [1.82, 2.24) is 15.5 Å². The minimum absolute atomic E-state index is 0.0966. The number of carbonyl (C=O) groups excluding carboxylic acids is 2. The quantitative estimate of drug-likeness (QED) is 0.698. The Bertz CT molecular complexity index is 969. The zero-order valence-corrected chi connectivity index (χ0v) is 15.5. The number of rotatable bonds is 6. The van der Waals surface area contributed by atoms with E-state index in [4.69, 9.17) is 9.26 Å². The van der Waals surface area contributed by atoms with E-state index in [1.807, 2.05) is 25.1 Å². The number of carbonyl (C=O) groups is 2. The Balaban J connectivity index is 1.45. The fourth-order valence-electron chi connectivity index (χ4n) is 2.98. The second-order valence-electron chi connectivity index (χ2n) is 6.17. The number of thiazole rings is 1. The molecule has 9 heteroatoms. The third kappa shape index (κ3) is 3.63. The van der Waals surface area contributed by atoms with Gasteiger partial charge in [0.15, 0.2) is 5.13 Å². The average Bonchev–Trinajstić information content (AvgIpc) is 3.38. The van der Waals surface area contributed by atoms with Gasteiger partial charge < -0.3 is 14.6 Å². The Morgan fingerprint density at radius 3 is 3.11 bits per heavy atom. The second-order valence-corrected chi connectivity index (χ2v) is 7.18. The molecule has 0 radical (unpaired) electrons. The number of anilines is 1. The van der Waals surface area contributed by atoms with Crippen LogP contribution in [-0.4, -0.2) is 35.1 Å². The lowest BCUT2D eigenvalue weighted by Crippen LogP contribution is -2.32. The number of ether oxygens (including phenoxy) is 1. The van der Waals surface area contributed by atoms with Gasteiger partial charge in [-0.15, -0.1) is 0 Å². The number of aromatic nitrogens is 2. The zero-order chi connectivity index (χ0) is 18.8. The molecule has 0 bridgehead atoms. The molecule has 140 valence electrons. The molecular formula is C18H18N4O4S. The van der Waals surface area contributed by atoms with Crippen LogP contribution in [0.5, 0.6) is 5.75 Å². The Morgan fingerprint density at radius 1 is 1.44 bits per heavy atom. The van der Waals surface area contributed by atoms with Crippen molar-refractivity contribution in [2.45, 2.75) is 19.9 Å². The predicted octanol–water partition coefficient (Wildman–Crippen LogP) is 2.35. The number of amides is 2. The third-order valence-electron chi connectivity index (χ3n) is 4.32. The molecule has 2 amide bonds. The summed E-state index contributed by atoms with van der Waals surface area (Å²) in [6.45, 7) is 3.12. The van der Waals surface area contributed by atoms with Crippen molar-refractivity contribution in [3.63, 3.8) is 0 Å². The van der Waals surface area contributed by atoms with Crippen molar-refractivity contribution < 1.29 is 18.8 Å². The fraction of sp³-hybridized carbons (Fsp3) is 0.333. The van der Waals surface area contributed by atoms with Gasteiger partial charge in [-0.1, -0.05) is 16.5 Å². The minimum atomic E-state index is -0.407. The van der Waals surface area contributed by atoms with E-state index < -0.39 is 5.92 Å². The van der Waals surface area contributed by atoms with Crippen molar-refractivity contribution in [2.75, 3.05) is 18.1 Å². The van der Waals surface area contributed by atoms with Gasteiger partial charge in [-0.25, -0.2) is 4.98 Å². The van der Waals surface area contributed by atoms with E-state index in [2.05, 4.69) is 15.5 Å². The van der Waals surface area contributed by atoms with Crippen LogP contribution in [0.4, 0.5) is 5.13 Å². The molecule has 0 spiro atoms. The summed E-state index contributed by atoms with van der Waals surface area (Å²) >= 11 is 1.42. The Morgan fingerprint density at radius 2 is 2.33 bits per heavy atom. The lowest BCUT2D eigenvalue weighted by Gasteiger charge is -2.12. The van der Waals surface area contributed by atoms with Crippen LogP contribution in [0.3, 0.4) is 0 Å². The highest BCUT2D eigenvalue weighted by Crippen LogP contribution is 2.34. The summed E-state index contributed by atoms with van der Waals surface area (Å²) in [6, 6.07) is 7.34. The predicted molar refractivity (Wildman–Crippen MR) is 99.6 cm³/mol. The maximum atomic E-state index is 12.4. The van der Waals surface area contributed by atoms with Gasteiger partial charge >= 0.3 is 0 Å². The van der Waals surface area contributed by atoms with Crippen LogP contribution < -0.4 is 15.0 Å². The Hall–Kier alpha value is -2.94. The van der Waals surface area contributed by atoms with E-state index in [1.54, 1.807) is 11.0 Å². The number of hydrogen-bond donors (Lipinski definition) is 1. The van der Waals surface area contributed by atoms with Crippen molar-refractivity contribution >= 4 is 38.5 Å². The first-order valence-corrected chi connectivity index (χ1v) is 9.46. The van der Waals surface area contributed by atoms with Crippen LogP contribution >= 0.6 is 11.3 Å². The fourth-order valence-corrected chi connectivity index (χ4v) is 4.00. The van der Waals surface area contributed by atoms with Gasteiger partial charge in [-0.3, -0.25) is 14.5 Å². The molecule has 1 unspecified atom stereocenters. The zero-order valence-electron chi connectivity index (χ0n) is 14.7. The topological polar surface area (TPSA) is 97.6 Å². The molecule has 1 aromatic carbocycles. The average molecular weight is 386 g/mol. The van der Waals surface area contributed by atoms with Crippen LogP contribution in [0.2, 0.25) is 0 Å². The van der Waals surface area contributed by atoms with E-state index in [0.717, 1.165) is 16.0 Å². The number of hydrogen-bond acceptors (Lipinski definition) is 7. The smallest absolute Gasteiger partial charge is 0.229 e. The maximum absolute atomic E-state index is 12.4. The summed E-state index contributed by atoms with van der Waals surface area (Å²) in [5.74, 6) is 0.0997. The molecule has 1 atom stereocenters. The summed E-state index contributed by atoms with van der Waals surface area (Å²) in [4.78, 5) is 30.9. The highest BCUT2D eigenvalue weighted by molar-refractivity contribution is 7.22. The molecule has 8 nitrogen and oxygen atoms in total. The van der Waals surface area contributed by atoms with Crippen LogP contribution in [0.25, 0.3) is 10.2 Å². The molecule has 3 aromatic rings. The molecular weight excluding hydrogens is 368 g/mol. The third-order valence-corrected chi connectivity index (χ3v) is 5.36. The first-order valence-electron chi connectivity index (χ1n) is 8.64. The lowest BCUT2D eigenvalue weighted by molar-refractivity contribution is -0.126. The molecule has 2 aromatic heterocycles. The van der Waals surface area contributed by atoms with Crippen molar-refractivity contribution in [1.29, 1.82) is 0 Å². The Kier molecular flexibility index (Phi) is 4.76. The van der Waals surface area contributed by atoms with Crippen molar-refractivity contribution in [3.8, 4) is 5.75 Å². The molecule has 1 saturated heterocycles. The number of nitrogens with zero attached hydrogens (tertiary/aromatic N) is 3. The van der Waals surface area contributed by atoms with Gasteiger partial charge in [0.05, 0.1) is 29.3 Å². The molecule has 1 aliphatic rings. The molecule has 1 fully saturated rings. The molecule has 1 N–H and O–H groups in total. The van der Waals surface area contributed by atoms with Crippen LogP contribution in [-0.2, 0) is 16.1 Å². The summed E-state index contributed by atoms with van der Waals surface area (Å²) in [5, 5.41) is 7.15. The lowest BCUT2D eigenvalue weighted by atomic mass is 10.1. The van der Waals surface area contributed by atoms with Gasteiger partial charge in [0, 0.05) is 19.0 Å². The molecule has 0 saturated carbocycles. The van der Waals surface area contributed by atoms with Crippen LogP contribution in [0.15, 0.2) is 35.1 Å². The highest BCUT2D eigenvalue weighted by Gasteiger charge is 2.36. The van der Waals surface area contributed by atoms with E-state index in [0.29, 0.717) is 24.0 Å². The summed E-state index contributed by atoms with van der Waals surface area (Å²) in [7, 11) is 0. The van der Waals surface area contributed by atoms with Crippen LogP contribution in [0, 0.1) is 5.92 Å². The van der Waals surface area contributed by atoms with E-state index in [1.165, 1.54) is 17.6 Å². The monoisotopic (exact) mass is 386 g/mol. The Labute approximate surface area is 159 Å². The first kappa shape index (κ1) is 17.5. The molecule has 1 aliphatic heterocycles. The highest BCUT2D eigenvalue weighted by atomic mass is 32.1. The number of nitrogens with one attached hydrogen (secondary N) is 1. The van der Waals surface area contributed by atoms with Gasteiger partial charge in [0.1, 0.15) is 17.7 Å². The van der Waals surface area contributed by atoms with Gasteiger partial charge in [0.25, 0.3) is 0 Å². The molecule has 0 aliphatic carbocycles. The standard InChI is InChI=1S/C18H18N4O4S/c1-2-25-13-3-4-14-15(8-13)27-18(20-14)22-10-11(7-16(22)23)17(24)19-9-12-5-6-26-21-12/h3-6,8,11H,2,7,9-10H2,1H3,(H,19,24). The summed E-state index contributed by atoms with van der Waals surface area (Å²) in [6.07, 6.45) is 1.62.